The van der Waals surface area contributed by atoms with Crippen molar-refractivity contribution in [3.63, 3.8) is 0 Å². The van der Waals surface area contributed by atoms with Gasteiger partial charge in [0.2, 0.25) is 0 Å². The molecule has 3 rings (SSSR count). The van der Waals surface area contributed by atoms with Gasteiger partial charge in [-0.2, -0.15) is 0 Å². The minimum absolute atomic E-state index is 0.535. The van der Waals surface area contributed by atoms with Gasteiger partial charge in [-0.3, -0.25) is 0 Å². The molecule has 0 bridgehead atoms. The van der Waals surface area contributed by atoms with Crippen molar-refractivity contribution >= 4 is 0 Å². The first-order chi connectivity index (χ1) is 10.5. The molecule has 0 heteroatoms. The molecular formula is C22H40. The highest BCUT2D eigenvalue weighted by Gasteiger charge is 2.40. The summed E-state index contributed by atoms with van der Waals surface area (Å²) in [5, 5.41) is 0. The summed E-state index contributed by atoms with van der Waals surface area (Å²) in [6.07, 6.45) is 16.9. The number of hydrogen-bond acceptors (Lipinski definition) is 0. The van der Waals surface area contributed by atoms with Crippen molar-refractivity contribution in [3.05, 3.63) is 0 Å². The van der Waals surface area contributed by atoms with Gasteiger partial charge in [0.1, 0.15) is 0 Å². The fraction of sp³-hybridized carbons (Fsp3) is 1.00. The molecule has 0 aliphatic heterocycles. The summed E-state index contributed by atoms with van der Waals surface area (Å²) in [5.41, 5.74) is 0.535. The summed E-state index contributed by atoms with van der Waals surface area (Å²) < 4.78 is 0. The Morgan fingerprint density at radius 2 is 1.36 bits per heavy atom. The third-order valence-corrected chi connectivity index (χ3v) is 8.05. The zero-order valence-electron chi connectivity index (χ0n) is 15.7. The van der Waals surface area contributed by atoms with Crippen LogP contribution >= 0.6 is 0 Å². The zero-order chi connectivity index (χ0) is 15.7. The van der Waals surface area contributed by atoms with Crippen LogP contribution in [0, 0.1) is 40.9 Å². The van der Waals surface area contributed by atoms with Crippen LogP contribution in [0.25, 0.3) is 0 Å². The van der Waals surface area contributed by atoms with E-state index < -0.39 is 0 Å². The van der Waals surface area contributed by atoms with Crippen molar-refractivity contribution in [1.29, 1.82) is 0 Å². The molecule has 4 atom stereocenters. The van der Waals surface area contributed by atoms with E-state index in [1.54, 1.807) is 25.7 Å². The molecule has 3 aliphatic rings. The van der Waals surface area contributed by atoms with Crippen LogP contribution in [0.3, 0.4) is 0 Å². The summed E-state index contributed by atoms with van der Waals surface area (Å²) in [4.78, 5) is 0. The van der Waals surface area contributed by atoms with E-state index in [0.717, 1.165) is 35.5 Å². The lowest BCUT2D eigenvalue weighted by atomic mass is 9.58. The lowest BCUT2D eigenvalue weighted by Crippen LogP contribution is -2.38. The topological polar surface area (TPSA) is 0 Å². The highest BCUT2D eigenvalue weighted by Crippen LogP contribution is 2.50. The molecule has 0 N–H and O–H groups in total. The van der Waals surface area contributed by atoms with Crippen molar-refractivity contribution in [2.45, 2.75) is 98.3 Å². The highest BCUT2D eigenvalue weighted by atomic mass is 14.5. The van der Waals surface area contributed by atoms with Crippen LogP contribution in [0.4, 0.5) is 0 Å². The normalized spacial score (nSPS) is 41.7. The third-order valence-electron chi connectivity index (χ3n) is 8.05. The maximum atomic E-state index is 2.64. The molecule has 0 aromatic carbocycles. The first kappa shape index (κ1) is 16.8. The van der Waals surface area contributed by atoms with Crippen LogP contribution in [0.15, 0.2) is 0 Å². The Hall–Kier alpha value is 0. The Morgan fingerprint density at radius 3 is 2.05 bits per heavy atom. The van der Waals surface area contributed by atoms with Crippen molar-refractivity contribution in [2.75, 3.05) is 0 Å². The van der Waals surface area contributed by atoms with Gasteiger partial charge < -0.3 is 0 Å². The molecule has 0 aromatic heterocycles. The Morgan fingerprint density at radius 1 is 0.727 bits per heavy atom. The van der Waals surface area contributed by atoms with Gasteiger partial charge in [0, 0.05) is 0 Å². The lowest BCUT2D eigenvalue weighted by molar-refractivity contribution is 0.0284. The minimum atomic E-state index is 0.535. The van der Waals surface area contributed by atoms with Gasteiger partial charge in [-0.15, -0.1) is 0 Å². The van der Waals surface area contributed by atoms with Crippen LogP contribution in [0.5, 0.6) is 0 Å². The molecule has 0 aromatic rings. The lowest BCUT2D eigenvalue weighted by Gasteiger charge is -2.47. The van der Waals surface area contributed by atoms with Crippen molar-refractivity contribution < 1.29 is 0 Å². The molecule has 0 saturated heterocycles. The molecule has 128 valence electrons. The first-order valence-electron chi connectivity index (χ1n) is 10.5. The quantitative estimate of drug-likeness (QED) is 0.511. The molecule has 22 heavy (non-hydrogen) atoms. The summed E-state index contributed by atoms with van der Waals surface area (Å²) in [6.45, 7) is 10.0. The predicted octanol–water partition coefficient (Wildman–Crippen LogP) is 7.08. The van der Waals surface area contributed by atoms with E-state index in [1.165, 1.54) is 44.9 Å². The fourth-order valence-electron chi connectivity index (χ4n) is 6.50. The molecule has 0 nitrogen and oxygen atoms in total. The number of hydrogen-bond donors (Lipinski definition) is 0. The minimum Gasteiger partial charge on any atom is -0.0620 e. The van der Waals surface area contributed by atoms with E-state index in [0.29, 0.717) is 5.41 Å². The molecule has 3 saturated carbocycles. The maximum Gasteiger partial charge on any atom is -0.0354 e. The third kappa shape index (κ3) is 3.57. The van der Waals surface area contributed by atoms with E-state index in [9.17, 15) is 0 Å². The second-order valence-corrected chi connectivity index (χ2v) is 10.1. The van der Waals surface area contributed by atoms with Crippen LogP contribution in [0.1, 0.15) is 98.3 Å². The van der Waals surface area contributed by atoms with E-state index in [4.69, 9.17) is 0 Å². The van der Waals surface area contributed by atoms with E-state index in [2.05, 4.69) is 27.7 Å². The number of rotatable bonds is 2. The zero-order valence-corrected chi connectivity index (χ0v) is 15.7. The van der Waals surface area contributed by atoms with E-state index >= 15 is 0 Å². The second-order valence-electron chi connectivity index (χ2n) is 10.1. The molecule has 3 aliphatic carbocycles. The van der Waals surface area contributed by atoms with Gasteiger partial charge in [0.05, 0.1) is 0 Å². The second kappa shape index (κ2) is 6.86. The predicted molar refractivity (Wildman–Crippen MR) is 96.9 cm³/mol. The Balaban J connectivity index is 1.58. The van der Waals surface area contributed by atoms with Gasteiger partial charge in [0.15, 0.2) is 0 Å². The van der Waals surface area contributed by atoms with Gasteiger partial charge >= 0.3 is 0 Å². The monoisotopic (exact) mass is 304 g/mol. The van der Waals surface area contributed by atoms with Crippen molar-refractivity contribution in [3.8, 4) is 0 Å². The number of fused-ring (bicyclic) bond motifs is 1. The Bertz CT molecular complexity index is 340. The maximum absolute atomic E-state index is 2.64. The van der Waals surface area contributed by atoms with Gasteiger partial charge in [-0.1, -0.05) is 59.8 Å². The molecule has 3 fully saturated rings. The molecule has 0 radical (unpaired) electrons. The summed E-state index contributed by atoms with van der Waals surface area (Å²) in [5.74, 6) is 6.33. The standard InChI is InChI=1S/C22H40/c1-16(17-12-14-19(15-13-17)22(2,3)4)20-11-7-9-18-8-5-6-10-21(18)20/h16-21H,5-15H2,1-4H3. The largest absolute Gasteiger partial charge is 0.0620 e. The van der Waals surface area contributed by atoms with Crippen molar-refractivity contribution in [1.82, 2.24) is 0 Å². The smallest absolute Gasteiger partial charge is 0.0354 e. The van der Waals surface area contributed by atoms with Gasteiger partial charge in [-0.05, 0) is 79.4 Å². The Kier molecular flexibility index (Phi) is 5.25. The Labute approximate surface area is 139 Å². The SMILES string of the molecule is CC(C1CCC(C(C)(C)C)CC1)C1CCCC2CCCCC21. The highest BCUT2D eigenvalue weighted by molar-refractivity contribution is 4.91. The molecule has 4 unspecified atom stereocenters. The van der Waals surface area contributed by atoms with E-state index in [1.807, 2.05) is 0 Å². The van der Waals surface area contributed by atoms with E-state index in [-0.39, 0.29) is 0 Å². The average molecular weight is 305 g/mol. The molecule has 0 heterocycles. The molecule has 0 amide bonds. The fourth-order valence-corrected chi connectivity index (χ4v) is 6.50. The van der Waals surface area contributed by atoms with Crippen LogP contribution < -0.4 is 0 Å². The van der Waals surface area contributed by atoms with Crippen LogP contribution in [0.2, 0.25) is 0 Å². The summed E-state index contributed by atoms with van der Waals surface area (Å²) in [6, 6.07) is 0. The van der Waals surface area contributed by atoms with Gasteiger partial charge in [-0.25, -0.2) is 0 Å². The van der Waals surface area contributed by atoms with Crippen LogP contribution in [-0.2, 0) is 0 Å². The molecular weight excluding hydrogens is 264 g/mol. The molecule has 0 spiro atoms. The van der Waals surface area contributed by atoms with Crippen LogP contribution in [-0.4, -0.2) is 0 Å². The van der Waals surface area contributed by atoms with Gasteiger partial charge in [0.25, 0.3) is 0 Å². The average Bonchev–Trinajstić information content (AvgIpc) is 2.53. The first-order valence-corrected chi connectivity index (χ1v) is 10.5. The summed E-state index contributed by atoms with van der Waals surface area (Å²) in [7, 11) is 0. The summed E-state index contributed by atoms with van der Waals surface area (Å²) >= 11 is 0. The van der Waals surface area contributed by atoms with Crippen molar-refractivity contribution in [2.24, 2.45) is 40.9 Å².